The van der Waals surface area contributed by atoms with E-state index < -0.39 is 0 Å². The number of piperazine rings is 1. The van der Waals surface area contributed by atoms with Gasteiger partial charge in [-0.1, -0.05) is 22.0 Å². The third-order valence-electron chi connectivity index (χ3n) is 8.02. The average Bonchev–Trinajstić information content (AvgIpc) is 2.66. The molecule has 2 heterocycles. The highest BCUT2D eigenvalue weighted by atomic mass is 79.9. The van der Waals surface area contributed by atoms with Crippen LogP contribution in [0.1, 0.15) is 63.5 Å². The Balaban J connectivity index is 1.19. The summed E-state index contributed by atoms with van der Waals surface area (Å²) in [4.78, 5) is 22.1. The molecule has 152 valence electrons. The first kappa shape index (κ1) is 19.0. The number of carbonyl (C=O) groups is 1. The lowest BCUT2D eigenvalue weighted by molar-refractivity contribution is -0.140. The molecule has 1 amide bonds. The van der Waals surface area contributed by atoms with Gasteiger partial charge in [-0.3, -0.25) is 14.7 Å². The fraction of sp³-hybridized carbons (Fsp3) is 0.739. The van der Waals surface area contributed by atoms with Crippen molar-refractivity contribution < 1.29 is 4.79 Å². The molecule has 5 fully saturated rings. The number of nitrogens with zero attached hydrogens (tertiary/aromatic N) is 3. The zero-order valence-electron chi connectivity index (χ0n) is 16.9. The molecule has 0 aromatic carbocycles. The Labute approximate surface area is 177 Å². The lowest BCUT2D eigenvalue weighted by Gasteiger charge is -2.60. The molecule has 28 heavy (non-hydrogen) atoms. The quantitative estimate of drug-likeness (QED) is 0.643. The third-order valence-corrected chi connectivity index (χ3v) is 8.95. The molecule has 0 spiro atoms. The Morgan fingerprint density at radius 1 is 1.21 bits per heavy atom. The van der Waals surface area contributed by atoms with Crippen molar-refractivity contribution in [2.75, 3.05) is 26.2 Å². The second kappa shape index (κ2) is 7.09. The molecule has 3 unspecified atom stereocenters. The SMILES string of the molecule is CC(c1cccnc1)N1CCN(C(=O)CC23CC4CC(CC(Br)(C4)C2)C3)CC1. The summed E-state index contributed by atoms with van der Waals surface area (Å²) in [5.41, 5.74) is 1.55. The molecule has 1 aliphatic heterocycles. The Morgan fingerprint density at radius 3 is 2.54 bits per heavy atom. The minimum Gasteiger partial charge on any atom is -0.340 e. The van der Waals surface area contributed by atoms with Crippen molar-refractivity contribution in [3.05, 3.63) is 30.1 Å². The predicted molar refractivity (Wildman–Crippen MR) is 114 cm³/mol. The summed E-state index contributed by atoms with van der Waals surface area (Å²) >= 11 is 4.09. The van der Waals surface area contributed by atoms with E-state index in [2.05, 4.69) is 43.7 Å². The Bertz CT molecular complexity index is 717. The molecule has 5 heteroatoms. The second-order valence-corrected chi connectivity index (χ2v) is 11.8. The molecular weight excluding hydrogens is 414 g/mol. The summed E-state index contributed by atoms with van der Waals surface area (Å²) in [6.45, 7) is 5.90. The zero-order chi connectivity index (χ0) is 19.4. The number of amides is 1. The second-order valence-electron chi connectivity index (χ2n) is 10.2. The molecule has 1 aromatic heterocycles. The topological polar surface area (TPSA) is 36.4 Å². The van der Waals surface area contributed by atoms with Crippen molar-refractivity contribution in [3.63, 3.8) is 0 Å². The van der Waals surface area contributed by atoms with E-state index in [-0.39, 0.29) is 5.41 Å². The van der Waals surface area contributed by atoms with Gasteiger partial charge in [-0.15, -0.1) is 0 Å². The minimum atomic E-state index is 0.283. The number of hydrogen-bond acceptors (Lipinski definition) is 3. The Hall–Kier alpha value is -0.940. The van der Waals surface area contributed by atoms with Gasteiger partial charge in [-0.2, -0.15) is 0 Å². The molecule has 4 bridgehead atoms. The van der Waals surface area contributed by atoms with Crippen molar-refractivity contribution in [2.45, 2.75) is 62.2 Å². The van der Waals surface area contributed by atoms with E-state index in [1.165, 1.54) is 44.1 Å². The number of alkyl halides is 1. The average molecular weight is 446 g/mol. The lowest BCUT2D eigenvalue weighted by Crippen LogP contribution is -2.55. The first-order chi connectivity index (χ1) is 13.4. The number of halogens is 1. The highest BCUT2D eigenvalue weighted by Crippen LogP contribution is 2.65. The molecule has 5 aliphatic rings. The van der Waals surface area contributed by atoms with Gasteiger partial charge < -0.3 is 4.90 Å². The first-order valence-electron chi connectivity index (χ1n) is 11.0. The zero-order valence-corrected chi connectivity index (χ0v) is 18.5. The predicted octanol–water partition coefficient (Wildman–Crippen LogP) is 4.41. The van der Waals surface area contributed by atoms with Crippen LogP contribution < -0.4 is 0 Å². The summed E-state index contributed by atoms with van der Waals surface area (Å²) in [5.74, 6) is 2.11. The molecule has 4 nitrogen and oxygen atoms in total. The van der Waals surface area contributed by atoms with Crippen molar-refractivity contribution in [2.24, 2.45) is 17.3 Å². The van der Waals surface area contributed by atoms with Gasteiger partial charge in [0.1, 0.15) is 0 Å². The summed E-state index contributed by atoms with van der Waals surface area (Å²) in [5, 5.41) is 0. The van der Waals surface area contributed by atoms with Gasteiger partial charge in [0.05, 0.1) is 0 Å². The number of aromatic nitrogens is 1. The molecule has 3 atom stereocenters. The maximum atomic E-state index is 13.2. The highest BCUT2D eigenvalue weighted by Gasteiger charge is 2.57. The molecule has 4 aliphatic carbocycles. The monoisotopic (exact) mass is 445 g/mol. The van der Waals surface area contributed by atoms with Crippen LogP contribution in [0.25, 0.3) is 0 Å². The van der Waals surface area contributed by atoms with E-state index in [1.807, 2.05) is 18.5 Å². The van der Waals surface area contributed by atoms with Crippen LogP contribution in [0.4, 0.5) is 0 Å². The van der Waals surface area contributed by atoms with Gasteiger partial charge in [-0.05, 0) is 74.3 Å². The van der Waals surface area contributed by atoms with Gasteiger partial charge >= 0.3 is 0 Å². The summed E-state index contributed by atoms with van der Waals surface area (Å²) < 4.78 is 0.342. The van der Waals surface area contributed by atoms with Crippen LogP contribution in [0.5, 0.6) is 0 Å². The van der Waals surface area contributed by atoms with Crippen molar-refractivity contribution in [1.29, 1.82) is 0 Å². The van der Waals surface area contributed by atoms with E-state index in [1.54, 1.807) is 0 Å². The molecule has 0 N–H and O–H groups in total. The largest absolute Gasteiger partial charge is 0.340 e. The first-order valence-corrected chi connectivity index (χ1v) is 11.8. The van der Waals surface area contributed by atoms with E-state index in [4.69, 9.17) is 0 Å². The maximum absolute atomic E-state index is 13.2. The smallest absolute Gasteiger partial charge is 0.223 e. The standard InChI is InChI=1S/C23H32BrN3O/c1-17(20-3-2-4-25-15-20)26-5-7-27(8-6-26)21(28)14-22-10-18-9-19(11-22)13-23(24,12-18)16-22/h2-4,15,17-19H,5-14,16H2,1H3. The molecule has 6 rings (SSSR count). The molecule has 0 radical (unpaired) electrons. The fourth-order valence-corrected chi connectivity index (χ4v) is 8.68. The highest BCUT2D eigenvalue weighted by molar-refractivity contribution is 9.10. The van der Waals surface area contributed by atoms with E-state index in [0.29, 0.717) is 16.3 Å². The summed E-state index contributed by atoms with van der Waals surface area (Å²) in [6.07, 6.45) is 12.5. The van der Waals surface area contributed by atoms with E-state index in [9.17, 15) is 4.79 Å². The van der Waals surface area contributed by atoms with Gasteiger partial charge in [0.25, 0.3) is 0 Å². The molecular formula is C23H32BrN3O. The Kier molecular flexibility index (Phi) is 4.82. The minimum absolute atomic E-state index is 0.283. The van der Waals surface area contributed by atoms with Crippen molar-refractivity contribution in [3.8, 4) is 0 Å². The third kappa shape index (κ3) is 3.54. The molecule has 1 aromatic rings. The lowest BCUT2D eigenvalue weighted by atomic mass is 9.48. The van der Waals surface area contributed by atoms with Crippen LogP contribution in [-0.4, -0.2) is 51.2 Å². The number of rotatable bonds is 4. The maximum Gasteiger partial charge on any atom is 0.223 e. The number of hydrogen-bond donors (Lipinski definition) is 0. The van der Waals surface area contributed by atoms with Crippen LogP contribution in [0.15, 0.2) is 24.5 Å². The van der Waals surface area contributed by atoms with Crippen LogP contribution in [0, 0.1) is 17.3 Å². The molecule has 1 saturated heterocycles. The normalized spacial score (nSPS) is 38.6. The van der Waals surface area contributed by atoms with Crippen LogP contribution in [0.3, 0.4) is 0 Å². The van der Waals surface area contributed by atoms with Crippen LogP contribution in [0.2, 0.25) is 0 Å². The summed E-state index contributed by atoms with van der Waals surface area (Å²) in [7, 11) is 0. The van der Waals surface area contributed by atoms with Crippen molar-refractivity contribution in [1.82, 2.24) is 14.8 Å². The number of carbonyl (C=O) groups excluding carboxylic acids is 1. The van der Waals surface area contributed by atoms with Crippen molar-refractivity contribution >= 4 is 21.8 Å². The van der Waals surface area contributed by atoms with Gasteiger partial charge in [0.15, 0.2) is 0 Å². The fourth-order valence-electron chi connectivity index (χ4n) is 7.17. The van der Waals surface area contributed by atoms with E-state index in [0.717, 1.165) is 44.4 Å². The number of pyridine rings is 1. The van der Waals surface area contributed by atoms with Crippen LogP contribution in [-0.2, 0) is 4.79 Å². The summed E-state index contributed by atoms with van der Waals surface area (Å²) in [6, 6.07) is 4.52. The van der Waals surface area contributed by atoms with Crippen LogP contribution >= 0.6 is 15.9 Å². The Morgan fingerprint density at radius 2 is 1.93 bits per heavy atom. The van der Waals surface area contributed by atoms with Gasteiger partial charge in [0.2, 0.25) is 5.91 Å². The van der Waals surface area contributed by atoms with Gasteiger partial charge in [0, 0.05) is 55.4 Å². The molecule has 4 saturated carbocycles. The van der Waals surface area contributed by atoms with E-state index >= 15 is 0 Å². The van der Waals surface area contributed by atoms with Gasteiger partial charge in [-0.25, -0.2) is 0 Å².